The van der Waals surface area contributed by atoms with Crippen molar-refractivity contribution in [2.75, 3.05) is 25.6 Å². The van der Waals surface area contributed by atoms with E-state index in [-0.39, 0.29) is 0 Å². The Balaban J connectivity index is 1.83. The van der Waals surface area contributed by atoms with Gasteiger partial charge in [-0.15, -0.1) is 0 Å². The Morgan fingerprint density at radius 2 is 1.85 bits per heavy atom. The lowest BCUT2D eigenvalue weighted by Crippen LogP contribution is -2.11. The number of para-hydroxylation sites is 2. The molecule has 2 rings (SSSR count). The maximum atomic E-state index is 5.71. The number of ether oxygens (including phenoxy) is 2. The largest absolute Gasteiger partial charge is 0.493 e. The predicted molar refractivity (Wildman–Crippen MR) is 85.9 cm³/mol. The van der Waals surface area contributed by atoms with E-state index in [4.69, 9.17) is 9.47 Å². The molecular weight excluding hydrogens is 318 g/mol. The SMILES string of the molecule is COc1ccccc1OCCNc1ccc(Br)c(C)c1. The summed E-state index contributed by atoms with van der Waals surface area (Å²) >= 11 is 3.49. The third kappa shape index (κ3) is 3.90. The smallest absolute Gasteiger partial charge is 0.161 e. The van der Waals surface area contributed by atoms with Gasteiger partial charge in [-0.3, -0.25) is 0 Å². The molecule has 4 heteroatoms. The Labute approximate surface area is 128 Å². The minimum atomic E-state index is 0.579. The molecule has 0 amide bonds. The molecule has 0 aliphatic rings. The van der Waals surface area contributed by atoms with Crippen LogP contribution in [0.1, 0.15) is 5.56 Å². The third-order valence-electron chi connectivity index (χ3n) is 2.92. The average Bonchev–Trinajstić information content (AvgIpc) is 2.47. The maximum Gasteiger partial charge on any atom is 0.161 e. The van der Waals surface area contributed by atoms with Gasteiger partial charge in [-0.1, -0.05) is 28.1 Å². The van der Waals surface area contributed by atoms with Gasteiger partial charge in [0.1, 0.15) is 6.61 Å². The summed E-state index contributed by atoms with van der Waals surface area (Å²) in [5.41, 5.74) is 2.30. The fourth-order valence-electron chi connectivity index (χ4n) is 1.85. The van der Waals surface area contributed by atoms with Crippen LogP contribution in [0.5, 0.6) is 11.5 Å². The zero-order chi connectivity index (χ0) is 14.4. The minimum Gasteiger partial charge on any atom is -0.493 e. The second-order valence-corrected chi connectivity index (χ2v) is 5.24. The Hall–Kier alpha value is -1.68. The van der Waals surface area contributed by atoms with Gasteiger partial charge in [0, 0.05) is 16.7 Å². The van der Waals surface area contributed by atoms with Crippen LogP contribution < -0.4 is 14.8 Å². The summed E-state index contributed by atoms with van der Waals surface area (Å²) in [5.74, 6) is 1.52. The Bertz CT molecular complexity index is 572. The summed E-state index contributed by atoms with van der Waals surface area (Å²) in [7, 11) is 1.64. The Morgan fingerprint density at radius 1 is 1.10 bits per heavy atom. The van der Waals surface area contributed by atoms with Gasteiger partial charge in [0.05, 0.1) is 7.11 Å². The summed E-state index contributed by atoms with van der Waals surface area (Å²) in [5, 5.41) is 3.33. The van der Waals surface area contributed by atoms with Gasteiger partial charge in [-0.05, 0) is 42.8 Å². The molecule has 20 heavy (non-hydrogen) atoms. The first-order valence-electron chi connectivity index (χ1n) is 6.46. The van der Waals surface area contributed by atoms with Gasteiger partial charge in [0.2, 0.25) is 0 Å². The van der Waals surface area contributed by atoms with Crippen molar-refractivity contribution in [3.8, 4) is 11.5 Å². The molecule has 0 aliphatic carbocycles. The highest BCUT2D eigenvalue weighted by atomic mass is 79.9. The highest BCUT2D eigenvalue weighted by Crippen LogP contribution is 2.25. The van der Waals surface area contributed by atoms with E-state index >= 15 is 0 Å². The molecule has 2 aromatic carbocycles. The molecule has 0 heterocycles. The molecule has 0 unspecified atom stereocenters. The number of nitrogens with one attached hydrogen (secondary N) is 1. The highest BCUT2D eigenvalue weighted by Gasteiger charge is 2.02. The zero-order valence-corrected chi connectivity index (χ0v) is 13.2. The first-order valence-corrected chi connectivity index (χ1v) is 7.26. The van der Waals surface area contributed by atoms with E-state index in [1.54, 1.807) is 7.11 Å². The summed E-state index contributed by atoms with van der Waals surface area (Å²) in [6.45, 7) is 3.38. The van der Waals surface area contributed by atoms with Crippen LogP contribution in [0.2, 0.25) is 0 Å². The van der Waals surface area contributed by atoms with E-state index in [1.807, 2.05) is 36.4 Å². The van der Waals surface area contributed by atoms with Crippen molar-refractivity contribution in [1.82, 2.24) is 0 Å². The van der Waals surface area contributed by atoms with Crippen molar-refractivity contribution in [1.29, 1.82) is 0 Å². The maximum absolute atomic E-state index is 5.71. The van der Waals surface area contributed by atoms with Gasteiger partial charge in [-0.25, -0.2) is 0 Å². The summed E-state index contributed by atoms with van der Waals surface area (Å²) in [4.78, 5) is 0. The van der Waals surface area contributed by atoms with Crippen molar-refractivity contribution < 1.29 is 9.47 Å². The Morgan fingerprint density at radius 3 is 2.55 bits per heavy atom. The topological polar surface area (TPSA) is 30.5 Å². The fourth-order valence-corrected chi connectivity index (χ4v) is 2.10. The number of anilines is 1. The van der Waals surface area contributed by atoms with Crippen molar-refractivity contribution in [3.05, 3.63) is 52.5 Å². The standard InChI is InChI=1S/C16H18BrNO2/c1-12-11-13(7-8-14(12)17)18-9-10-20-16-6-4-3-5-15(16)19-2/h3-8,11,18H,9-10H2,1-2H3. The lowest BCUT2D eigenvalue weighted by molar-refractivity contribution is 0.306. The van der Waals surface area contributed by atoms with Gasteiger partial charge in [-0.2, -0.15) is 0 Å². The summed E-state index contributed by atoms with van der Waals surface area (Å²) in [6, 6.07) is 13.8. The van der Waals surface area contributed by atoms with Crippen LogP contribution in [0, 0.1) is 6.92 Å². The molecule has 106 valence electrons. The molecule has 0 fully saturated rings. The number of rotatable bonds is 6. The van der Waals surface area contributed by atoms with E-state index in [9.17, 15) is 0 Å². The van der Waals surface area contributed by atoms with Gasteiger partial charge < -0.3 is 14.8 Å². The highest BCUT2D eigenvalue weighted by molar-refractivity contribution is 9.10. The molecule has 0 radical (unpaired) electrons. The van der Waals surface area contributed by atoms with Crippen LogP contribution in [0.25, 0.3) is 0 Å². The normalized spacial score (nSPS) is 10.2. The second kappa shape index (κ2) is 7.20. The quantitative estimate of drug-likeness (QED) is 0.800. The molecule has 2 aromatic rings. The number of halogens is 1. The number of hydrogen-bond donors (Lipinski definition) is 1. The molecule has 0 spiro atoms. The Kier molecular flexibility index (Phi) is 5.30. The molecule has 0 saturated heterocycles. The first-order chi connectivity index (χ1) is 9.70. The van der Waals surface area contributed by atoms with Crippen LogP contribution in [0.3, 0.4) is 0 Å². The zero-order valence-electron chi connectivity index (χ0n) is 11.7. The van der Waals surface area contributed by atoms with E-state index in [2.05, 4.69) is 34.2 Å². The molecule has 0 atom stereocenters. The second-order valence-electron chi connectivity index (χ2n) is 4.39. The van der Waals surface area contributed by atoms with Crippen LogP contribution in [-0.2, 0) is 0 Å². The summed E-state index contributed by atoms with van der Waals surface area (Å²) in [6.07, 6.45) is 0. The van der Waals surface area contributed by atoms with Crippen molar-refractivity contribution in [2.45, 2.75) is 6.92 Å². The third-order valence-corrected chi connectivity index (χ3v) is 3.81. The lowest BCUT2D eigenvalue weighted by Gasteiger charge is -2.12. The first kappa shape index (κ1) is 14.7. The van der Waals surface area contributed by atoms with Crippen LogP contribution in [0.15, 0.2) is 46.9 Å². The number of benzene rings is 2. The molecule has 1 N–H and O–H groups in total. The molecular formula is C16H18BrNO2. The average molecular weight is 336 g/mol. The van der Waals surface area contributed by atoms with Gasteiger partial charge >= 0.3 is 0 Å². The van der Waals surface area contributed by atoms with Crippen LogP contribution >= 0.6 is 15.9 Å². The molecule has 0 aliphatic heterocycles. The number of aryl methyl sites for hydroxylation is 1. The van der Waals surface area contributed by atoms with Crippen molar-refractivity contribution in [3.63, 3.8) is 0 Å². The molecule has 3 nitrogen and oxygen atoms in total. The van der Waals surface area contributed by atoms with Crippen molar-refractivity contribution in [2.24, 2.45) is 0 Å². The number of hydrogen-bond acceptors (Lipinski definition) is 3. The predicted octanol–water partition coefficient (Wildman–Crippen LogP) is 4.26. The molecule has 0 aromatic heterocycles. The van der Waals surface area contributed by atoms with Crippen LogP contribution in [0.4, 0.5) is 5.69 Å². The van der Waals surface area contributed by atoms with E-state index in [0.29, 0.717) is 6.61 Å². The number of methoxy groups -OCH3 is 1. The van der Waals surface area contributed by atoms with E-state index in [0.717, 1.165) is 28.2 Å². The summed E-state index contributed by atoms with van der Waals surface area (Å²) < 4.78 is 12.1. The molecule has 0 bridgehead atoms. The van der Waals surface area contributed by atoms with Gasteiger partial charge in [0.25, 0.3) is 0 Å². The molecule has 0 saturated carbocycles. The van der Waals surface area contributed by atoms with Crippen molar-refractivity contribution >= 4 is 21.6 Å². The van der Waals surface area contributed by atoms with E-state index in [1.165, 1.54) is 5.56 Å². The fraction of sp³-hybridized carbons (Fsp3) is 0.250. The lowest BCUT2D eigenvalue weighted by atomic mass is 10.2. The minimum absolute atomic E-state index is 0.579. The van der Waals surface area contributed by atoms with Gasteiger partial charge in [0.15, 0.2) is 11.5 Å². The monoisotopic (exact) mass is 335 g/mol. The van der Waals surface area contributed by atoms with Crippen LogP contribution in [-0.4, -0.2) is 20.3 Å². The van der Waals surface area contributed by atoms with E-state index < -0.39 is 0 Å².